The van der Waals surface area contributed by atoms with Crippen molar-refractivity contribution in [3.63, 3.8) is 0 Å². The van der Waals surface area contributed by atoms with Crippen LogP contribution in [0.4, 0.5) is 0 Å². The first-order valence-electron chi connectivity index (χ1n) is 5.26. The lowest BCUT2D eigenvalue weighted by Crippen LogP contribution is -2.05. The molecule has 1 aromatic heterocycles. The van der Waals surface area contributed by atoms with E-state index in [0.717, 1.165) is 5.56 Å². The minimum atomic E-state index is -1.14. The fraction of sp³-hybridized carbons (Fsp3) is 0.0769. The summed E-state index contributed by atoms with van der Waals surface area (Å²) in [6.07, 6.45) is 1.39. The highest BCUT2D eigenvalue weighted by atomic mass is 16.5. The molecule has 0 aliphatic rings. The zero-order valence-corrected chi connectivity index (χ0v) is 9.41. The van der Waals surface area contributed by atoms with Gasteiger partial charge in [-0.05, 0) is 29.8 Å². The fourth-order valence-corrected chi connectivity index (χ4v) is 1.47. The number of carbonyl (C=O) groups is 1. The van der Waals surface area contributed by atoms with Crippen molar-refractivity contribution in [3.05, 3.63) is 53.9 Å². The molecule has 0 bridgehead atoms. The van der Waals surface area contributed by atoms with Gasteiger partial charge >= 0.3 is 5.97 Å². The molecule has 0 aliphatic carbocycles. The van der Waals surface area contributed by atoms with Gasteiger partial charge < -0.3 is 14.9 Å². The van der Waals surface area contributed by atoms with Crippen LogP contribution in [0.15, 0.2) is 42.6 Å². The summed E-state index contributed by atoms with van der Waals surface area (Å²) in [5.74, 6) is -0.796. The predicted octanol–water partition coefficient (Wildman–Crippen LogP) is 2.06. The van der Waals surface area contributed by atoms with Crippen molar-refractivity contribution in [2.75, 3.05) is 0 Å². The summed E-state index contributed by atoms with van der Waals surface area (Å²) in [4.78, 5) is 14.6. The van der Waals surface area contributed by atoms with Crippen LogP contribution in [-0.2, 0) is 6.61 Å². The van der Waals surface area contributed by atoms with E-state index >= 15 is 0 Å². The molecule has 18 heavy (non-hydrogen) atoms. The summed E-state index contributed by atoms with van der Waals surface area (Å²) >= 11 is 0. The fourth-order valence-electron chi connectivity index (χ4n) is 1.47. The number of phenols is 1. The number of aromatic hydroxyl groups is 1. The van der Waals surface area contributed by atoms with Gasteiger partial charge in [-0.15, -0.1) is 0 Å². The lowest BCUT2D eigenvalue weighted by Gasteiger charge is -2.08. The number of carboxylic acid groups (broad SMARTS) is 1. The molecule has 1 aromatic carbocycles. The number of aromatic carboxylic acids is 1. The molecule has 5 heteroatoms. The molecular formula is C13H11NO4. The Bertz CT molecular complexity index is 568. The molecule has 2 rings (SSSR count). The molecule has 5 nitrogen and oxygen atoms in total. The predicted molar refractivity (Wildman–Crippen MR) is 63.6 cm³/mol. The molecule has 0 saturated carbocycles. The molecule has 0 atom stereocenters. The van der Waals surface area contributed by atoms with Crippen LogP contribution in [0.3, 0.4) is 0 Å². The summed E-state index contributed by atoms with van der Waals surface area (Å²) in [7, 11) is 0. The number of aromatic nitrogens is 1. The molecule has 0 aliphatic heterocycles. The molecular weight excluding hydrogens is 234 g/mol. The third kappa shape index (κ3) is 2.76. The van der Waals surface area contributed by atoms with Crippen molar-refractivity contribution in [1.82, 2.24) is 4.98 Å². The summed E-state index contributed by atoms with van der Waals surface area (Å²) < 4.78 is 5.39. The van der Waals surface area contributed by atoms with Crippen LogP contribution >= 0.6 is 0 Å². The maximum atomic E-state index is 10.9. The van der Waals surface area contributed by atoms with Crippen LogP contribution in [0, 0.1) is 0 Å². The van der Waals surface area contributed by atoms with Crippen molar-refractivity contribution < 1.29 is 19.7 Å². The molecule has 2 N–H and O–H groups in total. The number of phenolic OH excluding ortho intramolecular Hbond substituents is 1. The second-order valence-corrected chi connectivity index (χ2v) is 3.61. The number of benzene rings is 1. The topological polar surface area (TPSA) is 79.7 Å². The molecule has 92 valence electrons. The van der Waals surface area contributed by atoms with E-state index in [1.165, 1.54) is 6.20 Å². The first-order valence-corrected chi connectivity index (χ1v) is 5.26. The highest BCUT2D eigenvalue weighted by Crippen LogP contribution is 2.18. The molecule has 0 saturated heterocycles. The van der Waals surface area contributed by atoms with Crippen molar-refractivity contribution >= 4 is 5.97 Å². The van der Waals surface area contributed by atoms with E-state index in [1.54, 1.807) is 36.4 Å². The molecule has 0 radical (unpaired) electrons. The zero-order valence-electron chi connectivity index (χ0n) is 9.41. The minimum Gasteiger partial charge on any atom is -0.508 e. The van der Waals surface area contributed by atoms with Gasteiger partial charge in [0.15, 0.2) is 11.4 Å². The number of hydrogen-bond donors (Lipinski definition) is 2. The lowest BCUT2D eigenvalue weighted by molar-refractivity contribution is 0.0685. The highest BCUT2D eigenvalue weighted by molar-refractivity contribution is 5.88. The maximum absolute atomic E-state index is 10.9. The summed E-state index contributed by atoms with van der Waals surface area (Å²) in [6, 6.07) is 9.71. The Balaban J connectivity index is 2.13. The Morgan fingerprint density at radius 1 is 1.28 bits per heavy atom. The van der Waals surface area contributed by atoms with E-state index in [1.807, 2.05) is 0 Å². The smallest absolute Gasteiger partial charge is 0.358 e. The van der Waals surface area contributed by atoms with Gasteiger partial charge in [0.1, 0.15) is 12.4 Å². The first-order chi connectivity index (χ1) is 8.66. The maximum Gasteiger partial charge on any atom is 0.358 e. The average molecular weight is 245 g/mol. The van der Waals surface area contributed by atoms with Gasteiger partial charge in [0.2, 0.25) is 0 Å². The van der Waals surface area contributed by atoms with E-state index in [4.69, 9.17) is 9.84 Å². The SMILES string of the molecule is O=C(O)c1ncccc1OCc1cccc(O)c1. The Morgan fingerprint density at radius 3 is 2.83 bits per heavy atom. The summed E-state index contributed by atoms with van der Waals surface area (Å²) in [5.41, 5.74) is 0.618. The second-order valence-electron chi connectivity index (χ2n) is 3.61. The molecule has 0 unspecified atom stereocenters. The van der Waals surface area contributed by atoms with Crippen LogP contribution in [0.2, 0.25) is 0 Å². The van der Waals surface area contributed by atoms with Crippen LogP contribution in [-0.4, -0.2) is 21.2 Å². The Kier molecular flexibility index (Phi) is 3.43. The van der Waals surface area contributed by atoms with E-state index < -0.39 is 5.97 Å². The van der Waals surface area contributed by atoms with E-state index in [0.29, 0.717) is 0 Å². The van der Waals surface area contributed by atoms with Crippen LogP contribution in [0.25, 0.3) is 0 Å². The normalized spacial score (nSPS) is 10.0. The van der Waals surface area contributed by atoms with Gasteiger partial charge in [0, 0.05) is 6.20 Å². The van der Waals surface area contributed by atoms with Crippen molar-refractivity contribution in [3.8, 4) is 11.5 Å². The Morgan fingerprint density at radius 2 is 2.11 bits per heavy atom. The number of ether oxygens (including phenoxy) is 1. The number of nitrogens with zero attached hydrogens (tertiary/aromatic N) is 1. The van der Waals surface area contributed by atoms with Crippen LogP contribution in [0.5, 0.6) is 11.5 Å². The van der Waals surface area contributed by atoms with Crippen LogP contribution in [0.1, 0.15) is 16.1 Å². The molecule has 0 spiro atoms. The second kappa shape index (κ2) is 5.18. The number of carboxylic acids is 1. The largest absolute Gasteiger partial charge is 0.508 e. The van der Waals surface area contributed by atoms with Gasteiger partial charge in [-0.2, -0.15) is 0 Å². The standard InChI is InChI=1S/C13H11NO4/c15-10-4-1-3-9(7-10)8-18-11-5-2-6-14-12(11)13(16)17/h1-7,15H,8H2,(H,16,17). The molecule has 0 fully saturated rings. The van der Waals surface area contributed by atoms with E-state index in [2.05, 4.69) is 4.98 Å². The van der Waals surface area contributed by atoms with Gasteiger partial charge in [0.05, 0.1) is 0 Å². The minimum absolute atomic E-state index is 0.127. The zero-order chi connectivity index (χ0) is 13.0. The van der Waals surface area contributed by atoms with Gasteiger partial charge in [0.25, 0.3) is 0 Å². The van der Waals surface area contributed by atoms with Crippen molar-refractivity contribution in [2.45, 2.75) is 6.61 Å². The van der Waals surface area contributed by atoms with Crippen molar-refractivity contribution in [1.29, 1.82) is 0 Å². The third-order valence-electron chi connectivity index (χ3n) is 2.28. The summed E-state index contributed by atoms with van der Waals surface area (Å²) in [5, 5.41) is 18.2. The third-order valence-corrected chi connectivity index (χ3v) is 2.28. The lowest BCUT2D eigenvalue weighted by atomic mass is 10.2. The molecule has 2 aromatic rings. The Labute approximate surface area is 103 Å². The highest BCUT2D eigenvalue weighted by Gasteiger charge is 2.12. The van der Waals surface area contributed by atoms with E-state index in [9.17, 15) is 9.90 Å². The monoisotopic (exact) mass is 245 g/mol. The molecule has 0 amide bonds. The number of pyridine rings is 1. The number of hydrogen-bond acceptors (Lipinski definition) is 4. The van der Waals surface area contributed by atoms with Gasteiger partial charge in [-0.1, -0.05) is 12.1 Å². The first kappa shape index (κ1) is 11.9. The quantitative estimate of drug-likeness (QED) is 0.861. The van der Waals surface area contributed by atoms with Gasteiger partial charge in [-0.3, -0.25) is 0 Å². The van der Waals surface area contributed by atoms with E-state index in [-0.39, 0.29) is 23.8 Å². The van der Waals surface area contributed by atoms with Crippen molar-refractivity contribution in [2.24, 2.45) is 0 Å². The number of rotatable bonds is 4. The summed E-state index contributed by atoms with van der Waals surface area (Å²) in [6.45, 7) is 0.167. The Hall–Kier alpha value is -2.56. The average Bonchev–Trinajstić information content (AvgIpc) is 2.37. The van der Waals surface area contributed by atoms with Crippen LogP contribution < -0.4 is 4.74 Å². The van der Waals surface area contributed by atoms with Gasteiger partial charge in [-0.25, -0.2) is 9.78 Å². The molecule has 1 heterocycles.